The molecule has 2 heterocycles. The molecule has 4 heteroatoms. The fourth-order valence-electron chi connectivity index (χ4n) is 1.70. The standard InChI is InChI=1S/C12H10N4/c1-2-9(11-5-13-14-6-11)4-10(3-1)12-7-15-16-8-12/h1-8H,(H,13,14)(H,15,16). The molecule has 0 unspecified atom stereocenters. The number of H-pyrrole nitrogens is 2. The lowest BCUT2D eigenvalue weighted by molar-refractivity contribution is 1.09. The van der Waals surface area contributed by atoms with Gasteiger partial charge in [-0.25, -0.2) is 0 Å². The number of benzene rings is 1. The molecular weight excluding hydrogens is 200 g/mol. The van der Waals surface area contributed by atoms with Crippen LogP contribution in [0, 0.1) is 0 Å². The Morgan fingerprint density at radius 2 is 1.31 bits per heavy atom. The summed E-state index contributed by atoms with van der Waals surface area (Å²) in [5.41, 5.74) is 4.47. The maximum atomic E-state index is 3.95. The first-order valence-electron chi connectivity index (χ1n) is 5.02. The van der Waals surface area contributed by atoms with Crippen LogP contribution in [0.2, 0.25) is 0 Å². The van der Waals surface area contributed by atoms with Gasteiger partial charge in [0, 0.05) is 23.5 Å². The van der Waals surface area contributed by atoms with E-state index in [-0.39, 0.29) is 0 Å². The molecule has 0 amide bonds. The van der Waals surface area contributed by atoms with Crippen LogP contribution < -0.4 is 0 Å². The summed E-state index contributed by atoms with van der Waals surface area (Å²) in [5.74, 6) is 0. The molecule has 0 aliphatic heterocycles. The molecule has 3 aromatic rings. The average Bonchev–Trinajstić information content (AvgIpc) is 3.03. The number of nitrogens with zero attached hydrogens (tertiary/aromatic N) is 2. The van der Waals surface area contributed by atoms with Crippen molar-refractivity contribution in [2.24, 2.45) is 0 Å². The zero-order valence-electron chi connectivity index (χ0n) is 8.51. The summed E-state index contributed by atoms with van der Waals surface area (Å²) in [7, 11) is 0. The van der Waals surface area contributed by atoms with Crippen LogP contribution in [0.15, 0.2) is 49.1 Å². The Morgan fingerprint density at radius 1 is 0.750 bits per heavy atom. The Hall–Kier alpha value is -2.36. The third-order valence-corrected chi connectivity index (χ3v) is 2.53. The second kappa shape index (κ2) is 3.66. The number of rotatable bonds is 2. The predicted molar refractivity (Wildman–Crippen MR) is 61.6 cm³/mol. The van der Waals surface area contributed by atoms with Crippen LogP contribution in [-0.2, 0) is 0 Å². The third-order valence-electron chi connectivity index (χ3n) is 2.53. The van der Waals surface area contributed by atoms with Crippen LogP contribution in [0.1, 0.15) is 0 Å². The highest BCUT2D eigenvalue weighted by Gasteiger charge is 2.02. The van der Waals surface area contributed by atoms with E-state index in [1.165, 1.54) is 0 Å². The molecule has 0 atom stereocenters. The molecule has 0 saturated heterocycles. The predicted octanol–water partition coefficient (Wildman–Crippen LogP) is 2.47. The molecule has 16 heavy (non-hydrogen) atoms. The number of hydrogen-bond acceptors (Lipinski definition) is 2. The van der Waals surface area contributed by atoms with Gasteiger partial charge in [-0.1, -0.05) is 18.2 Å². The summed E-state index contributed by atoms with van der Waals surface area (Å²) >= 11 is 0. The van der Waals surface area contributed by atoms with Gasteiger partial charge in [0.05, 0.1) is 12.4 Å². The van der Waals surface area contributed by atoms with Crippen LogP contribution in [0.5, 0.6) is 0 Å². The molecule has 0 spiro atoms. The minimum atomic E-state index is 1.09. The van der Waals surface area contributed by atoms with Gasteiger partial charge in [-0.15, -0.1) is 0 Å². The first kappa shape index (κ1) is 8.91. The summed E-state index contributed by atoms with van der Waals surface area (Å²) in [4.78, 5) is 0. The van der Waals surface area contributed by atoms with Crippen LogP contribution >= 0.6 is 0 Å². The minimum absolute atomic E-state index is 1.09. The Labute approximate surface area is 92.3 Å². The molecule has 0 saturated carbocycles. The zero-order chi connectivity index (χ0) is 10.8. The topological polar surface area (TPSA) is 57.4 Å². The molecule has 0 fully saturated rings. The first-order valence-corrected chi connectivity index (χ1v) is 5.02. The lowest BCUT2D eigenvalue weighted by atomic mass is 10.0. The summed E-state index contributed by atoms with van der Waals surface area (Å²) in [6, 6.07) is 8.28. The molecule has 3 rings (SSSR count). The molecule has 4 nitrogen and oxygen atoms in total. The Morgan fingerprint density at radius 3 is 1.75 bits per heavy atom. The molecule has 78 valence electrons. The number of aromatic amines is 2. The largest absolute Gasteiger partial charge is 0.285 e. The molecule has 0 aliphatic carbocycles. The molecule has 1 aromatic carbocycles. The Bertz CT molecular complexity index is 517. The van der Waals surface area contributed by atoms with Gasteiger partial charge >= 0.3 is 0 Å². The van der Waals surface area contributed by atoms with E-state index in [2.05, 4.69) is 38.6 Å². The average molecular weight is 210 g/mol. The second-order valence-corrected chi connectivity index (χ2v) is 3.55. The van der Waals surface area contributed by atoms with Gasteiger partial charge < -0.3 is 0 Å². The van der Waals surface area contributed by atoms with E-state index in [9.17, 15) is 0 Å². The Kier molecular flexibility index (Phi) is 2.04. The maximum Gasteiger partial charge on any atom is 0.0565 e. The van der Waals surface area contributed by atoms with E-state index >= 15 is 0 Å². The lowest BCUT2D eigenvalue weighted by Gasteiger charge is -2.00. The minimum Gasteiger partial charge on any atom is -0.285 e. The maximum absolute atomic E-state index is 3.95. The van der Waals surface area contributed by atoms with Gasteiger partial charge in [-0.05, 0) is 17.2 Å². The van der Waals surface area contributed by atoms with E-state index < -0.39 is 0 Å². The fourth-order valence-corrected chi connectivity index (χ4v) is 1.70. The van der Waals surface area contributed by atoms with Gasteiger partial charge in [0.25, 0.3) is 0 Å². The van der Waals surface area contributed by atoms with E-state index in [4.69, 9.17) is 0 Å². The summed E-state index contributed by atoms with van der Waals surface area (Å²) < 4.78 is 0. The van der Waals surface area contributed by atoms with Gasteiger partial charge in [0.15, 0.2) is 0 Å². The summed E-state index contributed by atoms with van der Waals surface area (Å²) in [6.45, 7) is 0. The van der Waals surface area contributed by atoms with Crippen molar-refractivity contribution in [2.45, 2.75) is 0 Å². The number of aromatic nitrogens is 4. The summed E-state index contributed by atoms with van der Waals surface area (Å²) in [5, 5.41) is 13.5. The van der Waals surface area contributed by atoms with Crippen molar-refractivity contribution in [1.29, 1.82) is 0 Å². The first-order chi connectivity index (χ1) is 7.93. The van der Waals surface area contributed by atoms with Gasteiger partial charge in [-0.2, -0.15) is 10.2 Å². The van der Waals surface area contributed by atoms with Gasteiger partial charge in [0.2, 0.25) is 0 Å². The van der Waals surface area contributed by atoms with Crippen molar-refractivity contribution in [1.82, 2.24) is 20.4 Å². The third kappa shape index (κ3) is 1.50. The molecule has 0 aliphatic rings. The summed E-state index contributed by atoms with van der Waals surface area (Å²) in [6.07, 6.45) is 7.39. The number of nitrogens with one attached hydrogen (secondary N) is 2. The lowest BCUT2D eigenvalue weighted by Crippen LogP contribution is -1.77. The second-order valence-electron chi connectivity index (χ2n) is 3.55. The van der Waals surface area contributed by atoms with Crippen molar-refractivity contribution < 1.29 is 0 Å². The molecule has 0 bridgehead atoms. The van der Waals surface area contributed by atoms with E-state index in [1.54, 1.807) is 0 Å². The van der Waals surface area contributed by atoms with Gasteiger partial charge in [-0.3, -0.25) is 10.2 Å². The number of hydrogen-bond donors (Lipinski definition) is 2. The van der Waals surface area contributed by atoms with Crippen LogP contribution in [0.4, 0.5) is 0 Å². The molecule has 2 aromatic heterocycles. The monoisotopic (exact) mass is 210 g/mol. The van der Waals surface area contributed by atoms with E-state index in [0.29, 0.717) is 0 Å². The van der Waals surface area contributed by atoms with Crippen molar-refractivity contribution in [3.05, 3.63) is 49.1 Å². The van der Waals surface area contributed by atoms with Crippen molar-refractivity contribution in [3.63, 3.8) is 0 Å². The van der Waals surface area contributed by atoms with Crippen molar-refractivity contribution in [2.75, 3.05) is 0 Å². The zero-order valence-corrected chi connectivity index (χ0v) is 8.51. The van der Waals surface area contributed by atoms with Crippen LogP contribution in [0.25, 0.3) is 22.3 Å². The fraction of sp³-hybridized carbons (Fsp3) is 0. The smallest absolute Gasteiger partial charge is 0.0565 e. The SMILES string of the molecule is c1cc(-c2cn[nH]c2)cc(-c2cn[nH]c2)c1. The van der Waals surface area contributed by atoms with Crippen molar-refractivity contribution >= 4 is 0 Å². The van der Waals surface area contributed by atoms with Gasteiger partial charge in [0.1, 0.15) is 0 Å². The molecule has 2 N–H and O–H groups in total. The molecule has 0 radical (unpaired) electrons. The highest BCUT2D eigenvalue weighted by molar-refractivity contribution is 5.71. The Balaban J connectivity index is 2.07. The molecular formula is C12H10N4. The van der Waals surface area contributed by atoms with Crippen LogP contribution in [-0.4, -0.2) is 20.4 Å². The van der Waals surface area contributed by atoms with Crippen LogP contribution in [0.3, 0.4) is 0 Å². The quantitative estimate of drug-likeness (QED) is 0.682. The van der Waals surface area contributed by atoms with E-state index in [0.717, 1.165) is 22.3 Å². The van der Waals surface area contributed by atoms with E-state index in [1.807, 2.05) is 30.9 Å². The highest BCUT2D eigenvalue weighted by Crippen LogP contribution is 2.24. The highest BCUT2D eigenvalue weighted by atomic mass is 15.1. The van der Waals surface area contributed by atoms with Crippen molar-refractivity contribution in [3.8, 4) is 22.3 Å². The normalized spacial score (nSPS) is 10.5.